The van der Waals surface area contributed by atoms with Crippen molar-refractivity contribution in [2.75, 3.05) is 5.33 Å². The smallest absolute Gasteiger partial charge is 0.156 e. The maximum Gasteiger partial charge on any atom is 0.156 e. The third kappa shape index (κ3) is 6.18. The Morgan fingerprint density at radius 1 is 1.33 bits per heavy atom. The van der Waals surface area contributed by atoms with Gasteiger partial charge in [-0.1, -0.05) is 64.5 Å². The Morgan fingerprint density at radius 2 is 2.00 bits per heavy atom. The number of unbranched alkanes of at least 4 members (excludes halogenated alkanes) is 3. The van der Waals surface area contributed by atoms with Gasteiger partial charge >= 0.3 is 0 Å². The summed E-state index contributed by atoms with van der Waals surface area (Å²) in [6.07, 6.45) is 5.91. The van der Waals surface area contributed by atoms with Crippen molar-refractivity contribution in [1.29, 1.82) is 0 Å². The van der Waals surface area contributed by atoms with Crippen LogP contribution in [-0.4, -0.2) is 15.9 Å². The van der Waals surface area contributed by atoms with Crippen LogP contribution in [0.3, 0.4) is 0 Å². The van der Waals surface area contributed by atoms with Gasteiger partial charge < -0.3 is 0 Å². The number of carbonyl (C=O) groups excluding carboxylic acids is 1. The van der Waals surface area contributed by atoms with Crippen LogP contribution in [0.4, 0.5) is 0 Å². The zero-order valence-corrected chi connectivity index (χ0v) is 10.7. The number of carbonyl (C=O) groups is 1. The topological polar surface area (TPSA) is 17.1 Å². The summed E-state index contributed by atoms with van der Waals surface area (Å²) in [6.45, 7) is 2.19. The molecule has 0 fully saturated rings. The highest BCUT2D eigenvalue weighted by atomic mass is 79.9. The van der Waals surface area contributed by atoms with Crippen molar-refractivity contribution in [1.82, 2.24) is 0 Å². The van der Waals surface area contributed by atoms with Gasteiger partial charge in [0.2, 0.25) is 0 Å². The van der Waals surface area contributed by atoms with Crippen molar-refractivity contribution in [3.63, 3.8) is 0 Å². The Labute approximate surface area is 91.6 Å². The summed E-state index contributed by atoms with van der Waals surface area (Å²) in [5, 5.41) is 0.469. The number of Topliss-reactive ketones (excluding diaryl/α,β-unsaturated/α-hetero) is 1. The van der Waals surface area contributed by atoms with Crippen LogP contribution in [0.5, 0.6) is 0 Å². The number of rotatable bonds is 7. The Kier molecular flexibility index (Phi) is 8.67. The molecule has 0 aliphatic carbocycles. The van der Waals surface area contributed by atoms with E-state index in [9.17, 15) is 4.79 Å². The van der Waals surface area contributed by atoms with Crippen LogP contribution in [0.25, 0.3) is 0 Å². The van der Waals surface area contributed by atoms with E-state index in [0.717, 1.165) is 12.8 Å². The van der Waals surface area contributed by atoms with Gasteiger partial charge in [0.15, 0.2) is 5.78 Å². The molecule has 0 aromatic carbocycles. The summed E-state index contributed by atoms with van der Waals surface area (Å²) < 4.78 is 0. The fourth-order valence-electron chi connectivity index (χ4n) is 0.995. The summed E-state index contributed by atoms with van der Waals surface area (Å²) in [6, 6.07) is 0. The second kappa shape index (κ2) is 8.24. The minimum atomic E-state index is 0.0636. The molecule has 1 nitrogen and oxygen atoms in total. The molecule has 0 radical (unpaired) electrons. The molecule has 72 valence electrons. The predicted molar refractivity (Wildman–Crippen MR) is 60.3 cm³/mol. The van der Waals surface area contributed by atoms with Crippen LogP contribution < -0.4 is 0 Å². The quantitative estimate of drug-likeness (QED) is 0.518. The van der Waals surface area contributed by atoms with Crippen molar-refractivity contribution in [3.8, 4) is 0 Å². The minimum absolute atomic E-state index is 0.0636. The molecular formula is C9H16Br2O. The van der Waals surface area contributed by atoms with Crippen molar-refractivity contribution >= 4 is 37.6 Å². The third-order valence-electron chi connectivity index (χ3n) is 1.79. The van der Waals surface area contributed by atoms with Gasteiger partial charge in [-0.25, -0.2) is 0 Å². The maximum atomic E-state index is 11.1. The van der Waals surface area contributed by atoms with E-state index in [4.69, 9.17) is 0 Å². The number of halogens is 2. The van der Waals surface area contributed by atoms with Gasteiger partial charge in [0.25, 0.3) is 0 Å². The van der Waals surface area contributed by atoms with E-state index >= 15 is 0 Å². The molecule has 0 N–H and O–H groups in total. The van der Waals surface area contributed by atoms with Crippen LogP contribution in [-0.2, 0) is 4.79 Å². The molecule has 0 amide bonds. The largest absolute Gasteiger partial charge is 0.298 e. The van der Waals surface area contributed by atoms with Crippen LogP contribution in [0.1, 0.15) is 39.0 Å². The normalized spacial score (nSPS) is 12.9. The van der Waals surface area contributed by atoms with E-state index in [0.29, 0.717) is 5.33 Å². The highest BCUT2D eigenvalue weighted by Crippen LogP contribution is 2.13. The summed E-state index contributed by atoms with van der Waals surface area (Å²) in [7, 11) is 0. The first-order valence-corrected chi connectivity index (χ1v) is 6.48. The lowest BCUT2D eigenvalue weighted by molar-refractivity contribution is -0.116. The number of alkyl halides is 2. The summed E-state index contributed by atoms with van der Waals surface area (Å²) in [5.41, 5.74) is 0. The summed E-state index contributed by atoms with van der Waals surface area (Å²) in [5.74, 6) is 0.256. The molecule has 0 aliphatic rings. The molecule has 0 aromatic heterocycles. The lowest BCUT2D eigenvalue weighted by Gasteiger charge is -2.05. The van der Waals surface area contributed by atoms with Crippen molar-refractivity contribution in [3.05, 3.63) is 0 Å². The molecule has 1 unspecified atom stereocenters. The van der Waals surface area contributed by atoms with Gasteiger partial charge in [0.1, 0.15) is 0 Å². The highest BCUT2D eigenvalue weighted by Gasteiger charge is 2.11. The van der Waals surface area contributed by atoms with Crippen LogP contribution >= 0.6 is 31.9 Å². The summed E-state index contributed by atoms with van der Waals surface area (Å²) in [4.78, 5) is 11.1. The molecule has 0 spiro atoms. The van der Waals surface area contributed by atoms with Gasteiger partial charge in [-0.3, -0.25) is 4.79 Å². The summed E-state index contributed by atoms with van der Waals surface area (Å²) >= 11 is 6.53. The average Bonchev–Trinajstić information content (AvgIpc) is 2.10. The van der Waals surface area contributed by atoms with Crippen molar-refractivity contribution < 1.29 is 4.79 Å². The number of hydrogen-bond donors (Lipinski definition) is 0. The molecule has 3 heteroatoms. The van der Waals surface area contributed by atoms with E-state index < -0.39 is 0 Å². The zero-order valence-electron chi connectivity index (χ0n) is 7.48. The van der Waals surface area contributed by atoms with E-state index in [1.54, 1.807) is 0 Å². The van der Waals surface area contributed by atoms with Gasteiger partial charge in [0, 0.05) is 0 Å². The van der Waals surface area contributed by atoms with Crippen LogP contribution in [0.15, 0.2) is 0 Å². The Balaban J connectivity index is 3.31. The van der Waals surface area contributed by atoms with Crippen LogP contribution in [0.2, 0.25) is 0 Å². The highest BCUT2D eigenvalue weighted by molar-refractivity contribution is 9.10. The average molecular weight is 300 g/mol. The third-order valence-corrected chi connectivity index (χ3v) is 3.31. The second-order valence-corrected chi connectivity index (χ2v) is 4.58. The van der Waals surface area contributed by atoms with Gasteiger partial charge in [-0.2, -0.15) is 0 Å². The predicted octanol–water partition coefficient (Wildman–Crippen LogP) is 3.68. The van der Waals surface area contributed by atoms with Gasteiger partial charge in [-0.05, 0) is 6.42 Å². The molecule has 0 heterocycles. The molecule has 0 rings (SSSR count). The van der Waals surface area contributed by atoms with Crippen molar-refractivity contribution in [2.45, 2.75) is 43.9 Å². The Hall–Kier alpha value is 0.630. The second-order valence-electron chi connectivity index (χ2n) is 2.92. The van der Waals surface area contributed by atoms with E-state index in [1.165, 1.54) is 19.3 Å². The lowest BCUT2D eigenvalue weighted by atomic mass is 10.1. The molecule has 0 bridgehead atoms. The number of ketones is 1. The molecule has 0 aromatic rings. The fraction of sp³-hybridized carbons (Fsp3) is 0.889. The molecular weight excluding hydrogens is 284 g/mol. The minimum Gasteiger partial charge on any atom is -0.298 e. The van der Waals surface area contributed by atoms with E-state index in [1.807, 2.05) is 0 Å². The monoisotopic (exact) mass is 298 g/mol. The molecule has 0 saturated heterocycles. The first-order chi connectivity index (χ1) is 5.72. The Bertz CT molecular complexity index is 126. The zero-order chi connectivity index (χ0) is 9.40. The fourth-order valence-corrected chi connectivity index (χ4v) is 2.31. The van der Waals surface area contributed by atoms with Gasteiger partial charge in [-0.15, -0.1) is 0 Å². The standard InChI is InChI=1S/C9H16Br2O/c1-2-3-4-5-6-8(11)9(12)7-10/h8H,2-7H2,1H3. The first-order valence-electron chi connectivity index (χ1n) is 4.45. The molecule has 0 aliphatic heterocycles. The molecule has 0 saturated carbocycles. The molecule has 1 atom stereocenters. The molecule has 12 heavy (non-hydrogen) atoms. The van der Waals surface area contributed by atoms with E-state index in [2.05, 4.69) is 38.8 Å². The SMILES string of the molecule is CCCCCCC(Br)C(=O)CBr. The van der Waals surface area contributed by atoms with Crippen LogP contribution in [0, 0.1) is 0 Å². The van der Waals surface area contributed by atoms with E-state index in [-0.39, 0.29) is 10.6 Å². The van der Waals surface area contributed by atoms with Crippen molar-refractivity contribution in [2.24, 2.45) is 0 Å². The maximum absolute atomic E-state index is 11.1. The number of hydrogen-bond acceptors (Lipinski definition) is 1. The van der Waals surface area contributed by atoms with Gasteiger partial charge in [0.05, 0.1) is 10.2 Å². The Morgan fingerprint density at radius 3 is 2.50 bits per heavy atom. The first kappa shape index (κ1) is 12.6. The lowest BCUT2D eigenvalue weighted by Crippen LogP contribution is -2.14.